The first-order chi connectivity index (χ1) is 17.2. The highest BCUT2D eigenvalue weighted by Gasteiger charge is 2.34. The Balaban J connectivity index is 1.71. The van der Waals surface area contributed by atoms with Crippen LogP contribution < -0.4 is 5.32 Å². The second-order valence-electron chi connectivity index (χ2n) is 7.68. The van der Waals surface area contributed by atoms with Crippen LogP contribution in [0.1, 0.15) is 21.6 Å². The predicted molar refractivity (Wildman–Crippen MR) is 125 cm³/mol. The number of anilines is 1. The van der Waals surface area contributed by atoms with Gasteiger partial charge in [-0.1, -0.05) is 23.4 Å². The number of nitrogens with one attached hydrogen (secondary N) is 3. The van der Waals surface area contributed by atoms with Crippen molar-refractivity contribution in [2.75, 3.05) is 5.32 Å². The van der Waals surface area contributed by atoms with Crippen molar-refractivity contribution in [3.63, 3.8) is 0 Å². The van der Waals surface area contributed by atoms with Crippen LogP contribution in [0.3, 0.4) is 0 Å². The molecule has 36 heavy (non-hydrogen) atoms. The Morgan fingerprint density at radius 2 is 1.89 bits per heavy atom. The van der Waals surface area contributed by atoms with Crippen LogP contribution in [0.5, 0.6) is 0 Å². The lowest BCUT2D eigenvalue weighted by Crippen LogP contribution is -2.16. The average molecular weight is 495 g/mol. The van der Waals surface area contributed by atoms with Gasteiger partial charge in [-0.15, -0.1) is 0 Å². The first-order valence-electron chi connectivity index (χ1n) is 10.5. The summed E-state index contributed by atoms with van der Waals surface area (Å²) in [6.45, 7) is -0.000190. The second-order valence-corrected chi connectivity index (χ2v) is 7.68. The number of halogens is 3. The van der Waals surface area contributed by atoms with E-state index in [1.807, 2.05) is 6.07 Å². The summed E-state index contributed by atoms with van der Waals surface area (Å²) in [7, 11) is 1.59. The van der Waals surface area contributed by atoms with Crippen LogP contribution in [-0.4, -0.2) is 36.8 Å². The number of amides is 1. The number of benzene rings is 2. The number of aromatic nitrogens is 4. The number of aryl methyl sites for hydroxylation is 1. The molecule has 0 aliphatic heterocycles. The van der Waals surface area contributed by atoms with Gasteiger partial charge in [-0.25, -0.2) is 9.69 Å². The first-order valence-corrected chi connectivity index (χ1v) is 10.5. The molecule has 0 radical (unpaired) electrons. The molecule has 0 unspecified atom stereocenters. The molecule has 0 saturated carbocycles. The van der Waals surface area contributed by atoms with E-state index in [0.29, 0.717) is 11.4 Å². The van der Waals surface area contributed by atoms with Crippen LogP contribution in [0.2, 0.25) is 0 Å². The minimum Gasteiger partial charge on any atom is -0.306 e. The molecule has 3 N–H and O–H groups in total. The summed E-state index contributed by atoms with van der Waals surface area (Å²) in [4.78, 5) is 13.1. The Labute approximate surface area is 203 Å². The van der Waals surface area contributed by atoms with Gasteiger partial charge < -0.3 is 5.32 Å². The zero-order valence-electron chi connectivity index (χ0n) is 18.9. The molecule has 2 aromatic carbocycles. The lowest BCUT2D eigenvalue weighted by atomic mass is 10.0. The van der Waals surface area contributed by atoms with Gasteiger partial charge in [0.25, 0.3) is 5.91 Å². The molecule has 0 atom stereocenters. The highest BCUT2D eigenvalue weighted by atomic mass is 19.4. The monoisotopic (exact) mass is 495 g/mol. The zero-order chi connectivity index (χ0) is 25.9. The molecule has 1 amide bonds. The zero-order valence-corrected chi connectivity index (χ0v) is 18.9. The second kappa shape index (κ2) is 9.82. The van der Waals surface area contributed by atoms with Gasteiger partial charge >= 0.3 is 6.18 Å². The number of rotatable bonds is 8. The maximum atomic E-state index is 13.6. The van der Waals surface area contributed by atoms with Gasteiger partial charge in [-0.05, 0) is 36.4 Å². The van der Waals surface area contributed by atoms with E-state index in [2.05, 4.69) is 20.7 Å². The van der Waals surface area contributed by atoms with E-state index in [-0.39, 0.29) is 29.2 Å². The SMILES string of the molecule is Cn1ccc(-c2cc(C(=O)Nc3cc(CN(C=N)N=N)nn3-c3ccccc3)ccc2C(F)(F)F)n1. The van der Waals surface area contributed by atoms with Crippen molar-refractivity contribution in [3.8, 4) is 16.9 Å². The van der Waals surface area contributed by atoms with Gasteiger partial charge in [0.1, 0.15) is 12.2 Å². The Morgan fingerprint density at radius 3 is 2.50 bits per heavy atom. The van der Waals surface area contributed by atoms with Gasteiger partial charge in [0, 0.05) is 30.4 Å². The van der Waals surface area contributed by atoms with Crippen molar-refractivity contribution in [3.05, 3.63) is 83.7 Å². The third-order valence-electron chi connectivity index (χ3n) is 5.18. The van der Waals surface area contributed by atoms with Crippen molar-refractivity contribution in [2.45, 2.75) is 12.7 Å². The summed E-state index contributed by atoms with van der Waals surface area (Å²) in [5.74, 6) is -0.408. The fourth-order valence-electron chi connectivity index (χ4n) is 3.53. The molecule has 10 nitrogen and oxygen atoms in total. The van der Waals surface area contributed by atoms with E-state index in [0.717, 1.165) is 29.5 Å². The van der Waals surface area contributed by atoms with Crippen LogP contribution in [-0.2, 0) is 19.8 Å². The summed E-state index contributed by atoms with van der Waals surface area (Å²) in [6, 6.07) is 15.0. The number of hydrogen-bond donors (Lipinski definition) is 3. The Kier molecular flexibility index (Phi) is 6.63. The number of carbonyl (C=O) groups excluding carboxylic acids is 1. The molecule has 2 heterocycles. The smallest absolute Gasteiger partial charge is 0.306 e. The molecule has 0 aliphatic rings. The minimum atomic E-state index is -4.63. The number of para-hydroxylation sites is 1. The van der Waals surface area contributed by atoms with Gasteiger partial charge in [0.15, 0.2) is 0 Å². The summed E-state index contributed by atoms with van der Waals surface area (Å²) >= 11 is 0. The van der Waals surface area contributed by atoms with Crippen LogP contribution >= 0.6 is 0 Å². The predicted octanol–water partition coefficient (Wildman–Crippen LogP) is 4.90. The molecule has 0 saturated heterocycles. The summed E-state index contributed by atoms with van der Waals surface area (Å²) in [6.07, 6.45) is -2.26. The maximum Gasteiger partial charge on any atom is 0.417 e. The molecular formula is C23H20F3N9O. The Bertz CT molecular complexity index is 1400. The standard InChI is InChI=1S/C23H20F3N9O/c1-33-10-9-20(31-33)18-11-15(7-8-19(18)23(24,25)26)22(36)29-21-12-16(13-34(14-27)32-28)30-35(21)17-5-3-2-4-6-17/h2-12,14,27-28H,13H2,1H3,(H,29,36). The van der Waals surface area contributed by atoms with Gasteiger partial charge in [-0.3, -0.25) is 14.9 Å². The number of hydrogen-bond acceptors (Lipinski definition) is 6. The van der Waals surface area contributed by atoms with Crippen LogP contribution in [0.4, 0.5) is 19.0 Å². The number of carbonyl (C=O) groups is 1. The van der Waals surface area contributed by atoms with Gasteiger partial charge in [-0.2, -0.15) is 28.9 Å². The van der Waals surface area contributed by atoms with Crippen molar-refractivity contribution in [2.24, 2.45) is 12.3 Å². The lowest BCUT2D eigenvalue weighted by molar-refractivity contribution is -0.137. The van der Waals surface area contributed by atoms with Crippen molar-refractivity contribution < 1.29 is 18.0 Å². The molecule has 4 rings (SSSR count). The maximum absolute atomic E-state index is 13.6. The largest absolute Gasteiger partial charge is 0.417 e. The normalized spacial score (nSPS) is 11.2. The topological polar surface area (TPSA) is 128 Å². The third kappa shape index (κ3) is 5.14. The molecule has 2 aromatic heterocycles. The van der Waals surface area contributed by atoms with E-state index in [1.54, 1.807) is 31.3 Å². The molecule has 0 aliphatic carbocycles. The molecular weight excluding hydrogens is 475 g/mol. The molecule has 4 aromatic rings. The summed E-state index contributed by atoms with van der Waals surface area (Å²) in [5.41, 5.74) is 7.10. The molecule has 0 spiro atoms. The van der Waals surface area contributed by atoms with Crippen LogP contribution in [0.25, 0.3) is 16.9 Å². The van der Waals surface area contributed by atoms with E-state index >= 15 is 0 Å². The van der Waals surface area contributed by atoms with E-state index in [1.165, 1.54) is 27.7 Å². The molecule has 13 heteroatoms. The fourth-order valence-corrected chi connectivity index (χ4v) is 3.53. The summed E-state index contributed by atoms with van der Waals surface area (Å²) in [5, 5.41) is 22.7. The average Bonchev–Trinajstić information content (AvgIpc) is 3.48. The van der Waals surface area contributed by atoms with Crippen LogP contribution in [0, 0.1) is 10.9 Å². The van der Waals surface area contributed by atoms with E-state index in [4.69, 9.17) is 10.9 Å². The Hall–Kier alpha value is -4.81. The van der Waals surface area contributed by atoms with E-state index < -0.39 is 17.6 Å². The van der Waals surface area contributed by atoms with E-state index in [9.17, 15) is 18.0 Å². The fraction of sp³-hybridized carbons (Fsp3) is 0.130. The highest BCUT2D eigenvalue weighted by Crippen LogP contribution is 2.37. The third-order valence-corrected chi connectivity index (χ3v) is 5.18. The van der Waals surface area contributed by atoms with Crippen molar-refractivity contribution >= 4 is 18.1 Å². The molecule has 184 valence electrons. The highest BCUT2D eigenvalue weighted by molar-refractivity contribution is 6.04. The lowest BCUT2D eigenvalue weighted by Gasteiger charge is -2.14. The first kappa shape index (κ1) is 24.3. The molecule has 0 fully saturated rings. The van der Waals surface area contributed by atoms with Crippen molar-refractivity contribution in [1.29, 1.82) is 10.9 Å². The van der Waals surface area contributed by atoms with Gasteiger partial charge in [0.05, 0.1) is 29.2 Å². The van der Waals surface area contributed by atoms with Crippen LogP contribution in [0.15, 0.2) is 72.1 Å². The number of alkyl halides is 3. The van der Waals surface area contributed by atoms with Crippen molar-refractivity contribution in [1.82, 2.24) is 24.6 Å². The minimum absolute atomic E-state index is 0.000190. The summed E-state index contributed by atoms with van der Waals surface area (Å²) < 4.78 is 43.7. The molecule has 0 bridgehead atoms. The van der Waals surface area contributed by atoms with Gasteiger partial charge in [0.2, 0.25) is 0 Å². The number of nitrogens with zero attached hydrogens (tertiary/aromatic N) is 6. The Morgan fingerprint density at radius 1 is 1.14 bits per heavy atom. The quantitative estimate of drug-likeness (QED) is 0.139.